The second kappa shape index (κ2) is 5.61. The number of hydrogen-bond donors (Lipinski definition) is 0. The average Bonchev–Trinajstić information content (AvgIpc) is 2.89. The largest absolute Gasteiger partial charge is 0.468 e. The van der Waals surface area contributed by atoms with E-state index in [1.807, 2.05) is 19.1 Å². The van der Waals surface area contributed by atoms with Crippen molar-refractivity contribution in [2.24, 2.45) is 0 Å². The van der Waals surface area contributed by atoms with Gasteiger partial charge in [-0.15, -0.1) is 0 Å². The zero-order chi connectivity index (χ0) is 15.7. The molecule has 0 radical (unpaired) electrons. The lowest BCUT2D eigenvalue weighted by Gasteiger charge is -2.38. The van der Waals surface area contributed by atoms with Crippen LogP contribution in [0.5, 0.6) is 0 Å². The van der Waals surface area contributed by atoms with Gasteiger partial charge in [-0.25, -0.2) is 8.42 Å². The van der Waals surface area contributed by atoms with Crippen LogP contribution in [0.25, 0.3) is 0 Å². The third-order valence-corrected chi connectivity index (χ3v) is 5.87. The highest BCUT2D eigenvalue weighted by atomic mass is 32.2. The molecule has 1 aromatic heterocycles. The van der Waals surface area contributed by atoms with Gasteiger partial charge >= 0.3 is 0 Å². The maximum absolute atomic E-state index is 12.2. The summed E-state index contributed by atoms with van der Waals surface area (Å²) in [6.07, 6.45) is 1.46. The second-order valence-corrected chi connectivity index (χ2v) is 7.87. The van der Waals surface area contributed by atoms with Gasteiger partial charge in [0.15, 0.2) is 9.84 Å². The van der Waals surface area contributed by atoms with Gasteiger partial charge < -0.3 is 9.32 Å². The molecule has 22 heavy (non-hydrogen) atoms. The molecule has 2 heterocycles. The summed E-state index contributed by atoms with van der Waals surface area (Å²) in [7, 11) is -3.29. The molecule has 116 valence electrons. The van der Waals surface area contributed by atoms with Crippen molar-refractivity contribution in [1.82, 2.24) is 4.90 Å². The van der Waals surface area contributed by atoms with E-state index in [4.69, 9.17) is 4.42 Å². The van der Waals surface area contributed by atoms with Gasteiger partial charge in [0.1, 0.15) is 11.5 Å². The number of carbonyl (C=O) groups is 1. The summed E-state index contributed by atoms with van der Waals surface area (Å²) in [6.45, 7) is 2.45. The predicted molar refractivity (Wildman–Crippen MR) is 82.2 cm³/mol. The molecule has 0 aliphatic carbocycles. The fraction of sp³-hybridized carbons (Fsp3) is 0.312. The maximum atomic E-state index is 12.2. The molecule has 6 heteroatoms. The minimum atomic E-state index is -3.29. The molecule has 1 aliphatic heterocycles. The molecular weight excluding hydrogens is 302 g/mol. The van der Waals surface area contributed by atoms with Crippen LogP contribution in [0.1, 0.15) is 21.7 Å². The monoisotopic (exact) mass is 319 g/mol. The van der Waals surface area contributed by atoms with Crippen LogP contribution in [-0.4, -0.2) is 37.6 Å². The smallest absolute Gasteiger partial charge is 0.253 e. The molecule has 1 saturated heterocycles. The standard InChI is InChI=1S/C16H17NO4S/c1-12-4-6-13(7-5-12)16(18)17-9-15(10-17)22(19,20)11-14-3-2-8-21-14/h2-8,15H,9-11H2,1H3. The maximum Gasteiger partial charge on any atom is 0.253 e. The Kier molecular flexibility index (Phi) is 3.78. The molecule has 0 bridgehead atoms. The van der Waals surface area contributed by atoms with Crippen LogP contribution in [0.3, 0.4) is 0 Å². The van der Waals surface area contributed by atoms with Gasteiger partial charge in [0.2, 0.25) is 0 Å². The Morgan fingerprint density at radius 3 is 2.50 bits per heavy atom. The lowest BCUT2D eigenvalue weighted by molar-refractivity contribution is 0.0659. The number of benzene rings is 1. The summed E-state index contributed by atoms with van der Waals surface area (Å²) in [5.41, 5.74) is 1.67. The Morgan fingerprint density at radius 1 is 1.23 bits per heavy atom. The molecule has 1 amide bonds. The van der Waals surface area contributed by atoms with Gasteiger partial charge in [-0.2, -0.15) is 0 Å². The minimum absolute atomic E-state index is 0.114. The van der Waals surface area contributed by atoms with E-state index in [-0.39, 0.29) is 24.7 Å². The van der Waals surface area contributed by atoms with Crippen molar-refractivity contribution >= 4 is 15.7 Å². The topological polar surface area (TPSA) is 67.6 Å². The summed E-state index contributed by atoms with van der Waals surface area (Å²) >= 11 is 0. The minimum Gasteiger partial charge on any atom is -0.468 e. The molecule has 1 aliphatic rings. The fourth-order valence-electron chi connectivity index (χ4n) is 2.42. The Morgan fingerprint density at radius 2 is 1.91 bits per heavy atom. The number of nitrogens with zero attached hydrogens (tertiary/aromatic N) is 1. The Bertz CT molecular complexity index is 757. The quantitative estimate of drug-likeness (QED) is 0.865. The number of hydrogen-bond acceptors (Lipinski definition) is 4. The third kappa shape index (κ3) is 2.92. The highest BCUT2D eigenvalue weighted by Crippen LogP contribution is 2.22. The van der Waals surface area contributed by atoms with Gasteiger partial charge in [0.25, 0.3) is 5.91 Å². The van der Waals surface area contributed by atoms with Crippen molar-refractivity contribution < 1.29 is 17.6 Å². The van der Waals surface area contributed by atoms with E-state index in [1.165, 1.54) is 6.26 Å². The van der Waals surface area contributed by atoms with Gasteiger partial charge in [0.05, 0.1) is 11.5 Å². The molecule has 2 aromatic rings. The van der Waals surface area contributed by atoms with E-state index in [1.54, 1.807) is 29.2 Å². The van der Waals surface area contributed by atoms with Gasteiger partial charge in [-0.1, -0.05) is 17.7 Å². The Labute approximate surface area is 129 Å². The molecule has 0 N–H and O–H groups in total. The third-order valence-electron chi connectivity index (χ3n) is 3.87. The summed E-state index contributed by atoms with van der Waals surface area (Å²) in [5, 5.41) is -0.507. The molecule has 0 saturated carbocycles. The summed E-state index contributed by atoms with van der Waals surface area (Å²) in [4.78, 5) is 13.8. The summed E-state index contributed by atoms with van der Waals surface area (Å²) < 4.78 is 29.5. The van der Waals surface area contributed by atoms with Crippen LogP contribution in [0.2, 0.25) is 0 Å². The van der Waals surface area contributed by atoms with E-state index in [2.05, 4.69) is 0 Å². The first-order valence-electron chi connectivity index (χ1n) is 7.05. The lowest BCUT2D eigenvalue weighted by Crippen LogP contribution is -2.57. The van der Waals surface area contributed by atoms with Crippen molar-refractivity contribution in [3.05, 3.63) is 59.5 Å². The number of sulfone groups is 1. The zero-order valence-electron chi connectivity index (χ0n) is 12.2. The number of amides is 1. The van der Waals surface area contributed by atoms with Crippen molar-refractivity contribution in [3.63, 3.8) is 0 Å². The SMILES string of the molecule is Cc1ccc(C(=O)N2CC(S(=O)(=O)Cc3ccco3)C2)cc1. The molecule has 0 atom stereocenters. The molecule has 1 fully saturated rings. The van der Waals surface area contributed by atoms with E-state index in [9.17, 15) is 13.2 Å². The van der Waals surface area contributed by atoms with Crippen LogP contribution >= 0.6 is 0 Å². The lowest BCUT2D eigenvalue weighted by atomic mass is 10.1. The molecule has 0 unspecified atom stereocenters. The second-order valence-electron chi connectivity index (χ2n) is 5.58. The van der Waals surface area contributed by atoms with Crippen molar-refractivity contribution in [1.29, 1.82) is 0 Å². The summed E-state index contributed by atoms with van der Waals surface area (Å²) in [6, 6.07) is 10.6. The fourth-order valence-corrected chi connectivity index (χ4v) is 4.03. The van der Waals surface area contributed by atoms with Crippen LogP contribution in [-0.2, 0) is 15.6 Å². The van der Waals surface area contributed by atoms with Crippen molar-refractivity contribution in [2.75, 3.05) is 13.1 Å². The number of likely N-dealkylation sites (tertiary alicyclic amines) is 1. The highest BCUT2D eigenvalue weighted by Gasteiger charge is 2.40. The molecule has 3 rings (SSSR count). The van der Waals surface area contributed by atoms with Crippen LogP contribution in [0, 0.1) is 6.92 Å². The normalized spacial score (nSPS) is 15.6. The molecule has 5 nitrogen and oxygen atoms in total. The molecular formula is C16H17NO4S. The van der Waals surface area contributed by atoms with Gasteiger partial charge in [-0.05, 0) is 31.2 Å². The number of aryl methyl sites for hydroxylation is 1. The van der Waals surface area contributed by atoms with E-state index < -0.39 is 15.1 Å². The van der Waals surface area contributed by atoms with Crippen molar-refractivity contribution in [2.45, 2.75) is 17.9 Å². The van der Waals surface area contributed by atoms with Crippen LogP contribution < -0.4 is 0 Å². The first kappa shape index (κ1) is 14.8. The first-order chi connectivity index (χ1) is 10.5. The highest BCUT2D eigenvalue weighted by molar-refractivity contribution is 7.91. The average molecular weight is 319 g/mol. The van der Waals surface area contributed by atoms with Crippen LogP contribution in [0.15, 0.2) is 47.1 Å². The predicted octanol–water partition coefficient (Wildman–Crippen LogP) is 2.03. The van der Waals surface area contributed by atoms with E-state index in [0.29, 0.717) is 11.3 Å². The van der Waals surface area contributed by atoms with Gasteiger partial charge in [-0.3, -0.25) is 4.79 Å². The number of furan rings is 1. The van der Waals surface area contributed by atoms with Crippen LogP contribution in [0.4, 0.5) is 0 Å². The Hall–Kier alpha value is -2.08. The molecule has 1 aromatic carbocycles. The molecule has 0 spiro atoms. The number of carbonyl (C=O) groups excluding carboxylic acids is 1. The first-order valence-corrected chi connectivity index (χ1v) is 8.77. The van der Waals surface area contributed by atoms with E-state index >= 15 is 0 Å². The zero-order valence-corrected chi connectivity index (χ0v) is 13.0. The number of rotatable bonds is 4. The van der Waals surface area contributed by atoms with E-state index in [0.717, 1.165) is 5.56 Å². The van der Waals surface area contributed by atoms with Crippen molar-refractivity contribution in [3.8, 4) is 0 Å². The Balaban J connectivity index is 1.61. The van der Waals surface area contributed by atoms with Gasteiger partial charge in [0, 0.05) is 18.7 Å². The summed E-state index contributed by atoms with van der Waals surface area (Å²) in [5.74, 6) is 0.199.